The maximum Gasteiger partial charge on any atom is 0.372 e. The Morgan fingerprint density at radius 2 is 2.33 bits per heavy atom. The predicted octanol–water partition coefficient (Wildman–Crippen LogP) is 3.30. The third-order valence-corrected chi connectivity index (χ3v) is 3.49. The maximum absolute atomic E-state index is 11.0. The number of imidazole rings is 1. The van der Waals surface area contributed by atoms with Crippen molar-refractivity contribution in [3.8, 4) is 0 Å². The van der Waals surface area contributed by atoms with Crippen LogP contribution in [0.5, 0.6) is 0 Å². The molecule has 0 amide bonds. The Labute approximate surface area is 109 Å². The molecule has 0 saturated heterocycles. The van der Waals surface area contributed by atoms with E-state index in [-0.39, 0.29) is 10.7 Å². The van der Waals surface area contributed by atoms with Crippen molar-refractivity contribution in [1.29, 1.82) is 0 Å². The van der Waals surface area contributed by atoms with E-state index in [1.807, 2.05) is 0 Å². The molecular weight excluding hydrogens is 252 g/mol. The highest BCUT2D eigenvalue weighted by atomic mass is 32.1. The number of thiazole rings is 1. The lowest BCUT2D eigenvalue weighted by molar-refractivity contribution is -0.389. The number of rotatable bonds is 7. The number of fused-ring (bicyclic) bond motifs is 1. The summed E-state index contributed by atoms with van der Waals surface area (Å²) in [7, 11) is 0. The smallest absolute Gasteiger partial charge is 0.363 e. The quantitative estimate of drug-likeness (QED) is 0.475. The summed E-state index contributed by atoms with van der Waals surface area (Å²) in [5, 5.41) is 15.9. The van der Waals surface area contributed by atoms with Gasteiger partial charge in [-0.05, 0) is 11.3 Å². The van der Waals surface area contributed by atoms with Gasteiger partial charge < -0.3 is 15.4 Å². The Hall–Kier alpha value is -1.63. The van der Waals surface area contributed by atoms with Crippen LogP contribution in [0.3, 0.4) is 0 Å². The second kappa shape index (κ2) is 5.81. The second-order valence-corrected chi connectivity index (χ2v) is 4.96. The summed E-state index contributed by atoms with van der Waals surface area (Å²) in [4.78, 5) is 15.5. The summed E-state index contributed by atoms with van der Waals surface area (Å²) in [5.74, 6) is 0.407. The largest absolute Gasteiger partial charge is 0.372 e. The van der Waals surface area contributed by atoms with Gasteiger partial charge in [0.15, 0.2) is 0 Å². The number of hydrogen-bond acceptors (Lipinski definition) is 5. The van der Waals surface area contributed by atoms with Crippen LogP contribution in [0.1, 0.15) is 32.6 Å². The van der Waals surface area contributed by atoms with Crippen molar-refractivity contribution in [2.75, 3.05) is 11.9 Å². The summed E-state index contributed by atoms with van der Waals surface area (Å²) in [6.45, 7) is 2.88. The number of unbranched alkanes of at least 4 members (excludes halogenated alkanes) is 3. The monoisotopic (exact) mass is 268 g/mol. The van der Waals surface area contributed by atoms with Gasteiger partial charge in [-0.3, -0.25) is 0 Å². The molecule has 0 atom stereocenters. The first-order valence-corrected chi connectivity index (χ1v) is 6.95. The fourth-order valence-corrected chi connectivity index (χ4v) is 2.53. The van der Waals surface area contributed by atoms with Gasteiger partial charge in [0, 0.05) is 11.9 Å². The van der Waals surface area contributed by atoms with E-state index in [0.29, 0.717) is 10.8 Å². The summed E-state index contributed by atoms with van der Waals surface area (Å²) >= 11 is 1.39. The van der Waals surface area contributed by atoms with Crippen molar-refractivity contribution in [2.24, 2.45) is 0 Å². The van der Waals surface area contributed by atoms with Crippen molar-refractivity contribution in [3.63, 3.8) is 0 Å². The van der Waals surface area contributed by atoms with Gasteiger partial charge >= 0.3 is 5.82 Å². The van der Waals surface area contributed by atoms with Crippen LogP contribution >= 0.6 is 11.3 Å². The van der Waals surface area contributed by atoms with Crippen LogP contribution in [-0.4, -0.2) is 20.9 Å². The summed E-state index contributed by atoms with van der Waals surface area (Å²) in [5.41, 5.74) is 0. The minimum Gasteiger partial charge on any atom is -0.363 e. The minimum absolute atomic E-state index is 0.0294. The van der Waals surface area contributed by atoms with E-state index in [9.17, 15) is 10.1 Å². The topological polar surface area (TPSA) is 72.5 Å². The number of nitrogens with zero attached hydrogens (tertiary/aromatic N) is 3. The van der Waals surface area contributed by atoms with E-state index in [1.54, 1.807) is 11.6 Å². The van der Waals surface area contributed by atoms with Gasteiger partial charge in [-0.1, -0.05) is 37.5 Å². The van der Waals surface area contributed by atoms with Crippen LogP contribution in [0, 0.1) is 10.1 Å². The fraction of sp³-hybridized carbons (Fsp3) is 0.545. The first kappa shape index (κ1) is 12.8. The molecule has 0 aromatic carbocycles. The molecule has 2 rings (SSSR count). The molecule has 0 fully saturated rings. The van der Waals surface area contributed by atoms with Crippen molar-refractivity contribution < 1.29 is 4.92 Å². The van der Waals surface area contributed by atoms with Gasteiger partial charge in [0.05, 0.1) is 0 Å². The second-order valence-electron chi connectivity index (χ2n) is 4.08. The van der Waals surface area contributed by atoms with Gasteiger partial charge in [0.2, 0.25) is 5.82 Å². The van der Waals surface area contributed by atoms with Crippen molar-refractivity contribution in [1.82, 2.24) is 9.38 Å². The van der Waals surface area contributed by atoms with E-state index in [1.165, 1.54) is 28.6 Å². The molecule has 18 heavy (non-hydrogen) atoms. The van der Waals surface area contributed by atoms with Crippen LogP contribution in [0.2, 0.25) is 0 Å². The number of aromatic nitrogens is 2. The van der Waals surface area contributed by atoms with Crippen molar-refractivity contribution in [3.05, 3.63) is 21.7 Å². The molecule has 98 valence electrons. The Bertz CT molecular complexity index is 534. The van der Waals surface area contributed by atoms with Crippen LogP contribution in [0.4, 0.5) is 11.6 Å². The molecule has 2 heterocycles. The number of anilines is 1. The molecule has 0 saturated carbocycles. The third-order valence-electron chi connectivity index (χ3n) is 2.73. The zero-order chi connectivity index (χ0) is 13.0. The molecule has 0 radical (unpaired) electrons. The molecule has 6 nitrogen and oxygen atoms in total. The molecule has 0 aliphatic carbocycles. The Balaban J connectivity index is 2.05. The van der Waals surface area contributed by atoms with E-state index >= 15 is 0 Å². The lowest BCUT2D eigenvalue weighted by Gasteiger charge is -2.02. The zero-order valence-electron chi connectivity index (χ0n) is 10.3. The number of hydrogen-bond donors (Lipinski definition) is 1. The van der Waals surface area contributed by atoms with E-state index < -0.39 is 0 Å². The summed E-state index contributed by atoms with van der Waals surface area (Å²) < 4.78 is 1.51. The highest BCUT2D eigenvalue weighted by molar-refractivity contribution is 7.15. The highest BCUT2D eigenvalue weighted by Gasteiger charge is 2.22. The Morgan fingerprint density at radius 3 is 3.06 bits per heavy atom. The number of nitrogens with one attached hydrogen (secondary N) is 1. The van der Waals surface area contributed by atoms with Crippen molar-refractivity contribution >= 4 is 27.9 Å². The average molecular weight is 268 g/mol. The van der Waals surface area contributed by atoms with E-state index in [4.69, 9.17) is 0 Å². The molecule has 0 aliphatic heterocycles. The minimum atomic E-state index is -0.388. The Morgan fingerprint density at radius 1 is 1.50 bits per heavy atom. The van der Waals surface area contributed by atoms with Crippen LogP contribution in [0.15, 0.2) is 11.6 Å². The zero-order valence-corrected chi connectivity index (χ0v) is 11.1. The molecule has 2 aromatic heterocycles. The summed E-state index contributed by atoms with van der Waals surface area (Å²) in [6, 6.07) is 0. The first-order chi connectivity index (χ1) is 8.74. The first-order valence-electron chi connectivity index (χ1n) is 6.08. The van der Waals surface area contributed by atoms with Gasteiger partial charge in [0.25, 0.3) is 4.96 Å². The molecule has 0 bridgehead atoms. The van der Waals surface area contributed by atoms with Gasteiger partial charge in [0.1, 0.15) is 6.20 Å². The lowest BCUT2D eigenvalue weighted by atomic mass is 10.2. The maximum atomic E-state index is 11.0. The number of nitro groups is 1. The normalized spacial score (nSPS) is 10.9. The molecule has 0 aliphatic rings. The van der Waals surface area contributed by atoms with Gasteiger partial charge in [-0.25, -0.2) is 0 Å². The molecule has 0 spiro atoms. The highest BCUT2D eigenvalue weighted by Crippen LogP contribution is 2.27. The van der Waals surface area contributed by atoms with Gasteiger partial charge in [-0.15, -0.1) is 0 Å². The van der Waals surface area contributed by atoms with E-state index in [0.717, 1.165) is 19.4 Å². The van der Waals surface area contributed by atoms with Crippen LogP contribution in [0.25, 0.3) is 4.96 Å². The predicted molar refractivity (Wildman–Crippen MR) is 72.4 cm³/mol. The fourth-order valence-electron chi connectivity index (χ4n) is 1.83. The molecule has 7 heteroatoms. The standard InChI is InChI=1S/C11H16N4O2S/c1-2-3-4-5-6-12-9-10(15(16)17)14-7-8-18-11(14)13-9/h7-8,12H,2-6H2,1H3. The molecule has 2 aromatic rings. The SMILES string of the molecule is CCCCCCNc1nc2sccn2c1[N+](=O)[O-]. The summed E-state index contributed by atoms with van der Waals surface area (Å²) in [6.07, 6.45) is 6.20. The molecular formula is C11H16N4O2S. The van der Waals surface area contributed by atoms with Crippen LogP contribution < -0.4 is 5.32 Å². The van der Waals surface area contributed by atoms with E-state index in [2.05, 4.69) is 17.2 Å². The third kappa shape index (κ3) is 2.61. The lowest BCUT2D eigenvalue weighted by Crippen LogP contribution is -2.04. The van der Waals surface area contributed by atoms with Crippen LogP contribution in [-0.2, 0) is 0 Å². The molecule has 0 unspecified atom stereocenters. The average Bonchev–Trinajstić information content (AvgIpc) is 2.87. The van der Waals surface area contributed by atoms with Gasteiger partial charge in [-0.2, -0.15) is 9.38 Å². The van der Waals surface area contributed by atoms with Crippen molar-refractivity contribution in [2.45, 2.75) is 32.6 Å². The Kier molecular flexibility index (Phi) is 4.14. The molecule has 1 N–H and O–H groups in total.